The summed E-state index contributed by atoms with van der Waals surface area (Å²) in [4.78, 5) is 43.9. The van der Waals surface area contributed by atoms with Gasteiger partial charge in [-0.3, -0.25) is 19.7 Å². The lowest BCUT2D eigenvalue weighted by molar-refractivity contribution is -0.137. The maximum Gasteiger partial charge on any atom is 0.321 e. The summed E-state index contributed by atoms with van der Waals surface area (Å²) in [5, 5.41) is 13.0. The van der Waals surface area contributed by atoms with Gasteiger partial charge in [0.15, 0.2) is 0 Å². The molecule has 0 fully saturated rings. The van der Waals surface area contributed by atoms with Crippen molar-refractivity contribution in [3.05, 3.63) is 0 Å². The van der Waals surface area contributed by atoms with E-state index in [-0.39, 0.29) is 19.3 Å². The van der Waals surface area contributed by atoms with Crippen molar-refractivity contribution in [3.63, 3.8) is 0 Å². The van der Waals surface area contributed by atoms with Crippen LogP contribution in [0.25, 0.3) is 0 Å². The molecule has 0 aromatic rings. The van der Waals surface area contributed by atoms with Crippen LogP contribution in [0, 0.1) is 0 Å². The number of nitrogens with one attached hydrogen (secondary N) is 2. The van der Waals surface area contributed by atoms with Crippen LogP contribution in [0.3, 0.4) is 0 Å². The van der Waals surface area contributed by atoms with E-state index < -0.39 is 29.4 Å². The molecule has 0 radical (unpaired) electrons. The highest BCUT2D eigenvalue weighted by molar-refractivity contribution is 5.94. The van der Waals surface area contributed by atoms with Crippen molar-refractivity contribution in [1.29, 1.82) is 0 Å². The van der Waals surface area contributed by atoms with Gasteiger partial charge in [-0.2, -0.15) is 0 Å². The number of carbonyl (C=O) groups excluding carboxylic acids is 3. The fraction of sp³-hybridized carbons (Fsp3) is 0.667. The van der Waals surface area contributed by atoms with Gasteiger partial charge in [0.25, 0.3) is 0 Å². The summed E-state index contributed by atoms with van der Waals surface area (Å²) in [6.45, 7) is 3.21. The van der Waals surface area contributed by atoms with Gasteiger partial charge in [-0.25, -0.2) is 4.79 Å². The molecule has 8 nitrogen and oxygen atoms in total. The van der Waals surface area contributed by atoms with E-state index in [9.17, 15) is 19.2 Å². The Kier molecular flexibility index (Phi) is 7.27. The fourth-order valence-corrected chi connectivity index (χ4v) is 1.57. The minimum Gasteiger partial charge on any atom is -0.481 e. The third-order valence-corrected chi connectivity index (χ3v) is 2.37. The number of carbonyl (C=O) groups is 4. The van der Waals surface area contributed by atoms with E-state index in [1.54, 1.807) is 13.8 Å². The first-order chi connectivity index (χ1) is 9.12. The first-order valence-corrected chi connectivity index (χ1v) is 6.24. The highest BCUT2D eigenvalue weighted by Gasteiger charge is 2.23. The summed E-state index contributed by atoms with van der Waals surface area (Å²) >= 11 is 0. The van der Waals surface area contributed by atoms with Crippen LogP contribution in [0.5, 0.6) is 0 Å². The van der Waals surface area contributed by atoms with Gasteiger partial charge < -0.3 is 16.2 Å². The van der Waals surface area contributed by atoms with E-state index >= 15 is 0 Å². The molecule has 0 heterocycles. The topological polar surface area (TPSA) is 139 Å². The van der Waals surface area contributed by atoms with Crippen LogP contribution in [-0.4, -0.2) is 34.5 Å². The van der Waals surface area contributed by atoms with Crippen LogP contribution in [0.4, 0.5) is 4.79 Å². The Morgan fingerprint density at radius 2 is 1.65 bits per heavy atom. The molecular weight excluding hydrogens is 266 g/mol. The summed E-state index contributed by atoms with van der Waals surface area (Å²) < 4.78 is 0. The zero-order valence-corrected chi connectivity index (χ0v) is 11.7. The minimum atomic E-state index is -0.920. The van der Waals surface area contributed by atoms with E-state index in [0.29, 0.717) is 12.8 Å². The minimum absolute atomic E-state index is 0.00881. The summed E-state index contributed by atoms with van der Waals surface area (Å²) in [7, 11) is 0. The zero-order chi connectivity index (χ0) is 15.8. The zero-order valence-electron chi connectivity index (χ0n) is 11.7. The molecule has 5 N–H and O–H groups in total. The fourth-order valence-electron chi connectivity index (χ4n) is 1.57. The molecule has 0 aliphatic rings. The Bertz CT molecular complexity index is 393. The normalized spacial score (nSPS) is 10.7. The molecule has 4 amide bonds. The predicted octanol–water partition coefficient (Wildman–Crippen LogP) is 0.111. The highest BCUT2D eigenvalue weighted by atomic mass is 16.4. The number of hydrogen-bond donors (Lipinski definition) is 4. The summed E-state index contributed by atoms with van der Waals surface area (Å²) in [5.41, 5.74) is 4.19. The molecule has 0 spiro atoms. The third-order valence-electron chi connectivity index (χ3n) is 2.37. The molecular formula is C12H21N3O5. The quantitative estimate of drug-likeness (QED) is 0.469. The first kappa shape index (κ1) is 17.9. The number of aliphatic carboxylic acids is 1. The third kappa shape index (κ3) is 9.86. The molecule has 20 heavy (non-hydrogen) atoms. The van der Waals surface area contributed by atoms with E-state index in [2.05, 4.69) is 10.6 Å². The van der Waals surface area contributed by atoms with Crippen molar-refractivity contribution in [3.8, 4) is 0 Å². The van der Waals surface area contributed by atoms with Crippen LogP contribution in [0.2, 0.25) is 0 Å². The van der Waals surface area contributed by atoms with Crippen molar-refractivity contribution in [2.24, 2.45) is 5.73 Å². The smallest absolute Gasteiger partial charge is 0.321 e. The lowest BCUT2D eigenvalue weighted by atomic mass is 10.0. The van der Waals surface area contributed by atoms with Crippen molar-refractivity contribution < 1.29 is 24.3 Å². The Balaban J connectivity index is 3.98. The maximum absolute atomic E-state index is 11.5. The Labute approximate surface area is 117 Å². The molecule has 0 aromatic heterocycles. The van der Waals surface area contributed by atoms with E-state index in [1.807, 2.05) is 0 Å². The van der Waals surface area contributed by atoms with Crippen molar-refractivity contribution in [1.82, 2.24) is 10.6 Å². The lowest BCUT2D eigenvalue weighted by Crippen LogP contribution is -2.51. The van der Waals surface area contributed by atoms with Crippen LogP contribution < -0.4 is 16.4 Å². The number of urea groups is 1. The number of unbranched alkanes of at least 4 members (excludes halogenated alkanes) is 1. The van der Waals surface area contributed by atoms with E-state index in [1.165, 1.54) is 0 Å². The molecule has 0 atom stereocenters. The molecule has 0 aliphatic carbocycles. The molecule has 0 saturated carbocycles. The van der Waals surface area contributed by atoms with Gasteiger partial charge in [0.1, 0.15) is 0 Å². The highest BCUT2D eigenvalue weighted by Crippen LogP contribution is 2.07. The number of amides is 4. The second-order valence-corrected chi connectivity index (χ2v) is 5.13. The second kappa shape index (κ2) is 8.13. The number of nitrogens with two attached hydrogens (primary N) is 1. The predicted molar refractivity (Wildman–Crippen MR) is 70.7 cm³/mol. The number of carboxylic acids is 1. The van der Waals surface area contributed by atoms with Gasteiger partial charge in [0.2, 0.25) is 11.8 Å². The largest absolute Gasteiger partial charge is 0.481 e. The van der Waals surface area contributed by atoms with E-state index in [0.717, 1.165) is 0 Å². The second-order valence-electron chi connectivity index (χ2n) is 5.13. The van der Waals surface area contributed by atoms with Crippen molar-refractivity contribution in [2.45, 2.75) is 51.5 Å². The van der Waals surface area contributed by atoms with Gasteiger partial charge in [-0.15, -0.1) is 0 Å². The number of primary amides is 1. The molecule has 8 heteroatoms. The van der Waals surface area contributed by atoms with Gasteiger partial charge >= 0.3 is 12.0 Å². The molecule has 0 aliphatic heterocycles. The first-order valence-electron chi connectivity index (χ1n) is 6.24. The molecule has 114 valence electrons. The van der Waals surface area contributed by atoms with Gasteiger partial charge in [0.05, 0.1) is 0 Å². The number of rotatable bonds is 8. The van der Waals surface area contributed by atoms with Crippen LogP contribution in [0.1, 0.15) is 46.0 Å². The summed E-state index contributed by atoms with van der Waals surface area (Å²) in [5.74, 6) is -1.98. The monoisotopic (exact) mass is 287 g/mol. The number of hydrogen-bond acceptors (Lipinski definition) is 4. The van der Waals surface area contributed by atoms with Crippen molar-refractivity contribution >= 4 is 23.8 Å². The Morgan fingerprint density at radius 1 is 1.10 bits per heavy atom. The number of carboxylic acid groups (broad SMARTS) is 1. The maximum atomic E-state index is 11.5. The van der Waals surface area contributed by atoms with Gasteiger partial charge in [-0.1, -0.05) is 0 Å². The average Bonchev–Trinajstić information content (AvgIpc) is 2.20. The molecule has 0 aromatic carbocycles. The Morgan fingerprint density at radius 3 is 2.15 bits per heavy atom. The molecule has 0 bridgehead atoms. The van der Waals surface area contributed by atoms with Crippen LogP contribution >= 0.6 is 0 Å². The number of imide groups is 1. The van der Waals surface area contributed by atoms with Crippen LogP contribution in [-0.2, 0) is 14.4 Å². The van der Waals surface area contributed by atoms with Crippen LogP contribution in [0.15, 0.2) is 0 Å². The molecule has 0 unspecified atom stereocenters. The van der Waals surface area contributed by atoms with Crippen molar-refractivity contribution in [2.75, 3.05) is 0 Å². The molecule has 0 rings (SSSR count). The summed E-state index contributed by atoms with van der Waals surface area (Å²) in [6, 6.07) is -0.709. The van der Waals surface area contributed by atoms with E-state index in [4.69, 9.17) is 10.8 Å². The standard InChI is InChI=1S/C12H21N3O5/c1-12(2,7-8(13)16)15-11(20)14-9(17)5-3-4-6-10(18)19/h3-7H2,1-2H3,(H2,13,16)(H,18,19)(H2,14,15,17,20). The van der Waals surface area contributed by atoms with Gasteiger partial charge in [0, 0.05) is 24.8 Å². The SMILES string of the molecule is CC(C)(CC(N)=O)NC(=O)NC(=O)CCCCC(=O)O. The summed E-state index contributed by atoms with van der Waals surface area (Å²) in [6.07, 6.45) is 0.767. The Hall–Kier alpha value is -2.12. The van der Waals surface area contributed by atoms with Gasteiger partial charge in [-0.05, 0) is 26.7 Å². The average molecular weight is 287 g/mol. The lowest BCUT2D eigenvalue weighted by Gasteiger charge is -2.24. The molecule has 0 saturated heterocycles.